The molecule has 4 rings (SSSR count). The standard InChI is InChI=1S/C21H25NO3/c1-3-24-21(14-23,25-4-2)22-19-13-15-9-5-6-10-16(15)20(22)18-12-8-7-11-17(18)19/h5-12,19-20,23H,3-4,13-14H2,1-2H3. The molecule has 0 saturated carbocycles. The van der Waals surface area contributed by atoms with E-state index in [4.69, 9.17) is 9.47 Å². The largest absolute Gasteiger partial charge is 0.389 e. The lowest BCUT2D eigenvalue weighted by Gasteiger charge is -2.48. The van der Waals surface area contributed by atoms with Crippen molar-refractivity contribution < 1.29 is 14.6 Å². The van der Waals surface area contributed by atoms with Gasteiger partial charge in [-0.05, 0) is 42.5 Å². The van der Waals surface area contributed by atoms with E-state index < -0.39 is 5.91 Å². The Labute approximate surface area is 149 Å². The van der Waals surface area contributed by atoms with Gasteiger partial charge in [0.1, 0.15) is 6.61 Å². The van der Waals surface area contributed by atoms with E-state index in [1.165, 1.54) is 22.3 Å². The molecule has 4 heteroatoms. The number of aliphatic hydroxyl groups is 1. The van der Waals surface area contributed by atoms with Gasteiger partial charge in [0, 0.05) is 19.3 Å². The minimum absolute atomic E-state index is 0.0383. The summed E-state index contributed by atoms with van der Waals surface area (Å²) in [5.74, 6) is -1.12. The number of benzene rings is 2. The average molecular weight is 339 g/mol. The fraction of sp³-hybridized carbons (Fsp3) is 0.429. The van der Waals surface area contributed by atoms with E-state index in [9.17, 15) is 5.11 Å². The molecule has 0 aliphatic carbocycles. The highest BCUT2D eigenvalue weighted by atomic mass is 16.7. The highest BCUT2D eigenvalue weighted by Gasteiger charge is 2.54. The minimum atomic E-state index is -1.12. The Morgan fingerprint density at radius 3 is 2.20 bits per heavy atom. The van der Waals surface area contributed by atoms with Gasteiger partial charge in [-0.2, -0.15) is 0 Å². The van der Waals surface area contributed by atoms with Crippen molar-refractivity contribution in [2.24, 2.45) is 0 Å². The van der Waals surface area contributed by atoms with Gasteiger partial charge in [-0.3, -0.25) is 0 Å². The molecule has 0 radical (unpaired) electrons. The van der Waals surface area contributed by atoms with Gasteiger partial charge >= 0.3 is 0 Å². The number of hydrogen-bond donors (Lipinski definition) is 1. The SMILES string of the molecule is CCOC(CO)(OCC)N1C2Cc3ccccc3C1c1ccccc12. The Morgan fingerprint density at radius 2 is 1.56 bits per heavy atom. The van der Waals surface area contributed by atoms with Crippen LogP contribution in [0.3, 0.4) is 0 Å². The monoisotopic (exact) mass is 339 g/mol. The van der Waals surface area contributed by atoms with Crippen LogP contribution < -0.4 is 0 Å². The number of ether oxygens (including phenoxy) is 2. The topological polar surface area (TPSA) is 41.9 Å². The smallest absolute Gasteiger partial charge is 0.255 e. The van der Waals surface area contributed by atoms with Crippen molar-refractivity contribution in [3.8, 4) is 0 Å². The molecule has 0 spiro atoms. The second-order valence-corrected chi connectivity index (χ2v) is 6.59. The Hall–Kier alpha value is -1.72. The van der Waals surface area contributed by atoms with Crippen molar-refractivity contribution in [3.05, 3.63) is 70.8 Å². The van der Waals surface area contributed by atoms with E-state index in [1.54, 1.807) is 0 Å². The summed E-state index contributed by atoms with van der Waals surface area (Å²) in [7, 11) is 0. The van der Waals surface area contributed by atoms with Crippen LogP contribution in [0, 0.1) is 0 Å². The molecule has 0 fully saturated rings. The van der Waals surface area contributed by atoms with Gasteiger partial charge in [-0.15, -0.1) is 0 Å². The molecular formula is C21H25NO3. The number of nitrogens with zero attached hydrogens (tertiary/aromatic N) is 1. The van der Waals surface area contributed by atoms with Gasteiger partial charge in [-0.1, -0.05) is 48.5 Å². The Kier molecular flexibility index (Phi) is 4.38. The predicted octanol–water partition coefficient (Wildman–Crippen LogP) is 3.41. The van der Waals surface area contributed by atoms with Crippen LogP contribution in [0.4, 0.5) is 0 Å². The van der Waals surface area contributed by atoms with Gasteiger partial charge in [0.25, 0.3) is 5.91 Å². The van der Waals surface area contributed by atoms with E-state index in [-0.39, 0.29) is 18.7 Å². The van der Waals surface area contributed by atoms with Crippen LogP contribution in [0.5, 0.6) is 0 Å². The van der Waals surface area contributed by atoms with E-state index in [2.05, 4.69) is 53.4 Å². The van der Waals surface area contributed by atoms with Gasteiger partial charge in [0.05, 0.1) is 6.04 Å². The molecule has 0 amide bonds. The van der Waals surface area contributed by atoms with Crippen LogP contribution in [0.25, 0.3) is 0 Å². The van der Waals surface area contributed by atoms with E-state index >= 15 is 0 Å². The van der Waals surface area contributed by atoms with Crippen LogP contribution in [-0.2, 0) is 15.9 Å². The van der Waals surface area contributed by atoms with Crippen molar-refractivity contribution in [2.45, 2.75) is 38.3 Å². The first-order chi connectivity index (χ1) is 12.3. The van der Waals surface area contributed by atoms with Crippen molar-refractivity contribution >= 4 is 0 Å². The molecule has 4 nitrogen and oxygen atoms in total. The maximum atomic E-state index is 10.3. The lowest BCUT2D eigenvalue weighted by Crippen LogP contribution is -2.57. The summed E-state index contributed by atoms with van der Waals surface area (Å²) in [4.78, 5) is 2.24. The zero-order valence-electron chi connectivity index (χ0n) is 14.8. The summed E-state index contributed by atoms with van der Waals surface area (Å²) in [6, 6.07) is 17.3. The Bertz CT molecular complexity index is 743. The molecule has 2 aromatic rings. The molecule has 25 heavy (non-hydrogen) atoms. The Balaban J connectivity index is 1.90. The molecule has 132 valence electrons. The molecule has 2 atom stereocenters. The summed E-state index contributed by atoms with van der Waals surface area (Å²) >= 11 is 0. The number of rotatable bonds is 6. The fourth-order valence-corrected chi connectivity index (χ4v) is 4.51. The molecular weight excluding hydrogens is 314 g/mol. The zero-order chi connectivity index (χ0) is 17.4. The van der Waals surface area contributed by atoms with Gasteiger partial charge in [0.2, 0.25) is 0 Å². The van der Waals surface area contributed by atoms with E-state index in [0.717, 1.165) is 6.42 Å². The number of fused-ring (bicyclic) bond motifs is 7. The molecule has 2 aliphatic heterocycles. The maximum Gasteiger partial charge on any atom is 0.255 e. The van der Waals surface area contributed by atoms with E-state index in [0.29, 0.717) is 13.2 Å². The zero-order valence-corrected chi connectivity index (χ0v) is 14.8. The molecule has 0 saturated heterocycles. The van der Waals surface area contributed by atoms with Gasteiger partial charge in [-0.25, -0.2) is 4.90 Å². The number of hydrogen-bond acceptors (Lipinski definition) is 4. The molecule has 1 N–H and O–H groups in total. The second kappa shape index (κ2) is 6.54. The lowest BCUT2D eigenvalue weighted by atomic mass is 9.91. The third-order valence-electron chi connectivity index (χ3n) is 5.36. The van der Waals surface area contributed by atoms with Crippen molar-refractivity contribution in [3.63, 3.8) is 0 Å². The van der Waals surface area contributed by atoms with Crippen LogP contribution in [-0.4, -0.2) is 35.7 Å². The summed E-state index contributed by atoms with van der Waals surface area (Å²) in [6.45, 7) is 4.65. The predicted molar refractivity (Wildman–Crippen MR) is 96.1 cm³/mol. The second-order valence-electron chi connectivity index (χ2n) is 6.59. The van der Waals surface area contributed by atoms with Crippen LogP contribution in [0.2, 0.25) is 0 Å². The third-order valence-corrected chi connectivity index (χ3v) is 5.36. The molecule has 2 aliphatic rings. The summed E-state index contributed by atoms with van der Waals surface area (Å²) in [5.41, 5.74) is 5.24. The molecule has 2 heterocycles. The van der Waals surface area contributed by atoms with Crippen molar-refractivity contribution in [2.75, 3.05) is 19.8 Å². The minimum Gasteiger partial charge on any atom is -0.389 e. The third kappa shape index (κ3) is 2.44. The van der Waals surface area contributed by atoms with Crippen LogP contribution >= 0.6 is 0 Å². The van der Waals surface area contributed by atoms with Crippen molar-refractivity contribution in [1.82, 2.24) is 4.90 Å². The highest BCUT2D eigenvalue weighted by Crippen LogP contribution is 2.54. The lowest BCUT2D eigenvalue weighted by molar-refractivity contribution is -0.343. The van der Waals surface area contributed by atoms with E-state index in [1.807, 2.05) is 13.8 Å². The normalized spacial score (nSPS) is 21.9. The first-order valence-corrected chi connectivity index (χ1v) is 9.09. The quantitative estimate of drug-likeness (QED) is 0.819. The average Bonchev–Trinajstić information content (AvgIpc) is 2.90. The summed E-state index contributed by atoms with van der Waals surface area (Å²) in [5, 5.41) is 10.3. The molecule has 2 bridgehead atoms. The van der Waals surface area contributed by atoms with Crippen LogP contribution in [0.1, 0.15) is 48.2 Å². The van der Waals surface area contributed by atoms with Gasteiger partial charge < -0.3 is 14.6 Å². The first-order valence-electron chi connectivity index (χ1n) is 9.09. The first kappa shape index (κ1) is 16.7. The Morgan fingerprint density at radius 1 is 0.960 bits per heavy atom. The fourth-order valence-electron chi connectivity index (χ4n) is 4.51. The molecule has 2 aromatic carbocycles. The molecule has 2 unspecified atom stereocenters. The van der Waals surface area contributed by atoms with Gasteiger partial charge in [0.15, 0.2) is 0 Å². The summed E-state index contributed by atoms with van der Waals surface area (Å²) < 4.78 is 12.1. The highest BCUT2D eigenvalue weighted by molar-refractivity contribution is 5.50. The van der Waals surface area contributed by atoms with Crippen LogP contribution in [0.15, 0.2) is 48.5 Å². The van der Waals surface area contributed by atoms with Crippen molar-refractivity contribution in [1.29, 1.82) is 0 Å². The summed E-state index contributed by atoms with van der Waals surface area (Å²) in [6.07, 6.45) is 0.894. The molecule has 0 aromatic heterocycles. The number of aliphatic hydroxyl groups excluding tert-OH is 1. The maximum absolute atomic E-state index is 10.3.